The van der Waals surface area contributed by atoms with Gasteiger partial charge < -0.3 is 14.6 Å². The Bertz CT molecular complexity index is 1210. The molecule has 0 aliphatic rings. The van der Waals surface area contributed by atoms with Crippen LogP contribution in [0.25, 0.3) is 11.8 Å². The molecule has 0 bridgehead atoms. The van der Waals surface area contributed by atoms with Crippen molar-refractivity contribution >= 4 is 23.6 Å². The maximum Gasteiger partial charge on any atom is 0.337 e. The molecule has 0 unspecified atom stereocenters. The molecule has 0 aliphatic heterocycles. The number of carbonyl (C=O) groups is 2. The van der Waals surface area contributed by atoms with Gasteiger partial charge in [0.1, 0.15) is 11.6 Å². The van der Waals surface area contributed by atoms with E-state index in [-0.39, 0.29) is 11.5 Å². The van der Waals surface area contributed by atoms with Crippen molar-refractivity contribution < 1.29 is 14.3 Å². The number of anilines is 1. The number of rotatable bonds is 5. The average molecular weight is 413 g/mol. The molecule has 0 aliphatic carbocycles. The molecular weight excluding hydrogens is 390 g/mol. The number of ether oxygens (including phenoxy) is 1. The van der Waals surface area contributed by atoms with Crippen molar-refractivity contribution in [3.05, 3.63) is 88.2 Å². The minimum absolute atomic E-state index is 0.0156. The van der Waals surface area contributed by atoms with Crippen molar-refractivity contribution in [1.29, 1.82) is 5.26 Å². The van der Waals surface area contributed by atoms with Gasteiger partial charge in [0.15, 0.2) is 0 Å². The molecule has 0 atom stereocenters. The Morgan fingerprint density at radius 3 is 2.39 bits per heavy atom. The highest BCUT2D eigenvalue weighted by Gasteiger charge is 2.16. The number of methoxy groups -OCH3 is 1. The Balaban J connectivity index is 1.96. The Labute approximate surface area is 181 Å². The van der Waals surface area contributed by atoms with Gasteiger partial charge in [0.2, 0.25) is 0 Å². The molecule has 1 N–H and O–H groups in total. The third-order valence-corrected chi connectivity index (χ3v) is 5.03. The second-order valence-electron chi connectivity index (χ2n) is 7.14. The molecule has 2 aromatic carbocycles. The standard InChI is InChI=1S/C25H23N3O3/c1-16-12-19(25(30)31-4)10-11-23(16)28-17(2)13-20(18(28)3)14-21(15-26)24(29)27-22-8-6-5-7-9-22/h5-14H,1-4H3,(H,27,29)/b21-14-. The highest BCUT2D eigenvalue weighted by Crippen LogP contribution is 2.26. The number of benzene rings is 2. The van der Waals surface area contributed by atoms with Crippen LogP contribution in [0, 0.1) is 32.1 Å². The van der Waals surface area contributed by atoms with Crippen molar-refractivity contribution in [3.63, 3.8) is 0 Å². The second-order valence-corrected chi connectivity index (χ2v) is 7.14. The number of aryl methyl sites for hydroxylation is 2. The minimum Gasteiger partial charge on any atom is -0.465 e. The molecule has 0 saturated heterocycles. The minimum atomic E-state index is -0.461. The molecule has 6 nitrogen and oxygen atoms in total. The monoisotopic (exact) mass is 413 g/mol. The SMILES string of the molecule is COC(=O)c1ccc(-n2c(C)cc(/C=C(/C#N)C(=O)Nc3ccccc3)c2C)c(C)c1. The zero-order valence-electron chi connectivity index (χ0n) is 17.9. The first-order valence-electron chi connectivity index (χ1n) is 9.72. The molecule has 3 aromatic rings. The molecular formula is C25H23N3O3. The first kappa shape index (κ1) is 21.6. The third kappa shape index (κ3) is 4.57. The van der Waals surface area contributed by atoms with Gasteiger partial charge in [-0.05, 0) is 74.4 Å². The van der Waals surface area contributed by atoms with Crippen LogP contribution in [-0.2, 0) is 9.53 Å². The van der Waals surface area contributed by atoms with Crippen LogP contribution >= 0.6 is 0 Å². The number of nitriles is 1. The van der Waals surface area contributed by atoms with Gasteiger partial charge >= 0.3 is 5.97 Å². The van der Waals surface area contributed by atoms with Crippen molar-refractivity contribution in [3.8, 4) is 11.8 Å². The van der Waals surface area contributed by atoms with Gasteiger partial charge in [-0.2, -0.15) is 5.26 Å². The van der Waals surface area contributed by atoms with Crippen LogP contribution in [0.2, 0.25) is 0 Å². The van der Waals surface area contributed by atoms with E-state index in [9.17, 15) is 14.9 Å². The summed E-state index contributed by atoms with van der Waals surface area (Å²) in [4.78, 5) is 24.3. The predicted molar refractivity (Wildman–Crippen MR) is 120 cm³/mol. The molecule has 0 spiro atoms. The van der Waals surface area contributed by atoms with Gasteiger partial charge in [-0.25, -0.2) is 4.79 Å². The van der Waals surface area contributed by atoms with Crippen LogP contribution in [0.3, 0.4) is 0 Å². The zero-order chi connectivity index (χ0) is 22.5. The summed E-state index contributed by atoms with van der Waals surface area (Å²) in [5, 5.41) is 12.3. The molecule has 3 rings (SSSR count). The van der Waals surface area contributed by atoms with E-state index in [1.165, 1.54) is 7.11 Å². The second kappa shape index (κ2) is 9.14. The fourth-order valence-corrected chi connectivity index (χ4v) is 3.48. The number of nitrogens with zero attached hydrogens (tertiary/aromatic N) is 2. The van der Waals surface area contributed by atoms with E-state index >= 15 is 0 Å². The topological polar surface area (TPSA) is 84.1 Å². The molecule has 1 aromatic heterocycles. The quantitative estimate of drug-likeness (QED) is 0.372. The van der Waals surface area contributed by atoms with E-state index in [1.54, 1.807) is 30.3 Å². The maximum atomic E-state index is 12.6. The third-order valence-electron chi connectivity index (χ3n) is 5.03. The summed E-state index contributed by atoms with van der Waals surface area (Å²) < 4.78 is 6.82. The van der Waals surface area contributed by atoms with Crippen LogP contribution in [0.5, 0.6) is 0 Å². The smallest absolute Gasteiger partial charge is 0.337 e. The summed E-state index contributed by atoms with van der Waals surface area (Å²) in [6.07, 6.45) is 1.59. The Kier molecular flexibility index (Phi) is 6.37. The molecule has 6 heteroatoms. The molecule has 0 radical (unpaired) electrons. The summed E-state index contributed by atoms with van der Waals surface area (Å²) in [6, 6.07) is 18.3. The van der Waals surface area contributed by atoms with Crippen molar-refractivity contribution in [2.75, 3.05) is 12.4 Å². The number of aromatic nitrogens is 1. The molecule has 156 valence electrons. The summed E-state index contributed by atoms with van der Waals surface area (Å²) in [5.41, 5.74) is 5.54. The first-order valence-corrected chi connectivity index (χ1v) is 9.72. The van der Waals surface area contributed by atoms with Gasteiger partial charge in [0.05, 0.1) is 12.7 Å². The number of hydrogen-bond acceptors (Lipinski definition) is 4. The molecule has 1 amide bonds. The van der Waals surface area contributed by atoms with Crippen LogP contribution in [0.1, 0.15) is 32.9 Å². The van der Waals surface area contributed by atoms with E-state index in [0.29, 0.717) is 11.3 Å². The number of esters is 1. The zero-order valence-corrected chi connectivity index (χ0v) is 17.9. The highest BCUT2D eigenvalue weighted by molar-refractivity contribution is 6.09. The normalized spacial score (nSPS) is 11.0. The molecule has 1 heterocycles. The van der Waals surface area contributed by atoms with Gasteiger partial charge in [-0.3, -0.25) is 4.79 Å². The van der Waals surface area contributed by atoms with Crippen molar-refractivity contribution in [1.82, 2.24) is 4.57 Å². The maximum absolute atomic E-state index is 12.6. The fraction of sp³-hybridized carbons (Fsp3) is 0.160. The Morgan fingerprint density at radius 1 is 1.06 bits per heavy atom. The first-order chi connectivity index (χ1) is 14.8. The molecule has 0 saturated carbocycles. The number of nitrogens with one attached hydrogen (secondary N) is 1. The van der Waals surface area contributed by atoms with E-state index < -0.39 is 5.91 Å². The lowest BCUT2D eigenvalue weighted by Gasteiger charge is -2.14. The lowest BCUT2D eigenvalue weighted by Crippen LogP contribution is -2.13. The Hall–Kier alpha value is -4.11. The predicted octanol–water partition coefficient (Wildman–Crippen LogP) is 4.73. The van der Waals surface area contributed by atoms with Gasteiger partial charge in [0.25, 0.3) is 5.91 Å². The summed E-state index contributed by atoms with van der Waals surface area (Å²) in [7, 11) is 1.35. The van der Waals surface area contributed by atoms with E-state index in [2.05, 4.69) is 5.32 Å². The number of para-hydroxylation sites is 1. The lowest BCUT2D eigenvalue weighted by molar-refractivity contribution is -0.112. The lowest BCUT2D eigenvalue weighted by atomic mass is 10.1. The van der Waals surface area contributed by atoms with Gasteiger partial charge in [-0.1, -0.05) is 18.2 Å². The van der Waals surface area contributed by atoms with E-state index in [0.717, 1.165) is 28.2 Å². The number of carbonyl (C=O) groups excluding carboxylic acids is 2. The summed E-state index contributed by atoms with van der Waals surface area (Å²) in [5.74, 6) is -0.848. The average Bonchev–Trinajstić information content (AvgIpc) is 3.04. The summed E-state index contributed by atoms with van der Waals surface area (Å²) >= 11 is 0. The van der Waals surface area contributed by atoms with E-state index in [4.69, 9.17) is 4.74 Å². The largest absolute Gasteiger partial charge is 0.465 e. The van der Waals surface area contributed by atoms with Crippen LogP contribution in [0.4, 0.5) is 5.69 Å². The van der Waals surface area contributed by atoms with Gasteiger partial charge in [0, 0.05) is 22.8 Å². The van der Waals surface area contributed by atoms with Crippen molar-refractivity contribution in [2.24, 2.45) is 0 Å². The molecule has 0 fully saturated rings. The summed E-state index contributed by atoms with van der Waals surface area (Å²) in [6.45, 7) is 5.80. The number of hydrogen-bond donors (Lipinski definition) is 1. The number of amides is 1. The van der Waals surface area contributed by atoms with Crippen LogP contribution in [-0.4, -0.2) is 23.6 Å². The van der Waals surface area contributed by atoms with E-state index in [1.807, 2.05) is 61.7 Å². The Morgan fingerprint density at radius 2 is 1.77 bits per heavy atom. The fourth-order valence-electron chi connectivity index (χ4n) is 3.48. The molecule has 31 heavy (non-hydrogen) atoms. The highest BCUT2D eigenvalue weighted by atomic mass is 16.5. The van der Waals surface area contributed by atoms with Crippen LogP contribution in [0.15, 0.2) is 60.2 Å². The van der Waals surface area contributed by atoms with Gasteiger partial charge in [-0.15, -0.1) is 0 Å². The van der Waals surface area contributed by atoms with Crippen molar-refractivity contribution in [2.45, 2.75) is 20.8 Å². The van der Waals surface area contributed by atoms with Crippen LogP contribution < -0.4 is 5.32 Å².